The zero-order chi connectivity index (χ0) is 16.5. The van der Waals surface area contributed by atoms with Crippen molar-refractivity contribution in [3.8, 4) is 0 Å². The second kappa shape index (κ2) is 6.94. The Hall–Kier alpha value is -1.24. The molecule has 0 saturated carbocycles. The first-order valence-corrected chi connectivity index (χ1v) is 10.5. The number of halogens is 1. The lowest BCUT2D eigenvalue weighted by Crippen LogP contribution is -2.04. The molecule has 1 aliphatic rings. The quantitative estimate of drug-likeness (QED) is 0.327. The molecular formula is C18H15BrN2OS2. The van der Waals surface area contributed by atoms with Crippen LogP contribution in [0.3, 0.4) is 0 Å². The van der Waals surface area contributed by atoms with Gasteiger partial charge >= 0.3 is 0 Å². The SMILES string of the molecule is O=C(CSc1ncnc2sc3c(c12)CCCC3)c1ccccc1Br. The molecule has 2 aromatic heterocycles. The van der Waals surface area contributed by atoms with Gasteiger partial charge in [0.15, 0.2) is 5.78 Å². The summed E-state index contributed by atoms with van der Waals surface area (Å²) in [5.74, 6) is 0.502. The number of carbonyl (C=O) groups excluding carboxylic acids is 1. The van der Waals surface area contributed by atoms with Gasteiger partial charge in [-0.05, 0) is 37.3 Å². The highest BCUT2D eigenvalue weighted by molar-refractivity contribution is 9.10. The van der Waals surface area contributed by atoms with Crippen LogP contribution in [0.15, 0.2) is 40.1 Å². The first-order valence-electron chi connectivity index (χ1n) is 7.90. The minimum Gasteiger partial charge on any atom is -0.293 e. The predicted molar refractivity (Wildman–Crippen MR) is 103 cm³/mol. The summed E-state index contributed by atoms with van der Waals surface area (Å²) in [5, 5.41) is 2.13. The second-order valence-corrected chi connectivity index (χ2v) is 8.66. The first-order chi connectivity index (χ1) is 11.7. The molecule has 4 rings (SSSR count). The summed E-state index contributed by atoms with van der Waals surface area (Å²) in [5.41, 5.74) is 2.14. The molecule has 122 valence electrons. The monoisotopic (exact) mass is 418 g/mol. The second-order valence-electron chi connectivity index (χ2n) is 5.76. The van der Waals surface area contributed by atoms with E-state index >= 15 is 0 Å². The van der Waals surface area contributed by atoms with Gasteiger partial charge < -0.3 is 0 Å². The molecule has 0 spiro atoms. The third-order valence-electron chi connectivity index (χ3n) is 4.23. The van der Waals surface area contributed by atoms with Gasteiger partial charge in [0, 0.05) is 20.3 Å². The lowest BCUT2D eigenvalue weighted by atomic mass is 9.97. The van der Waals surface area contributed by atoms with Crippen LogP contribution in [0, 0.1) is 0 Å². The van der Waals surface area contributed by atoms with Crippen LogP contribution in [-0.4, -0.2) is 21.5 Å². The first kappa shape index (κ1) is 16.2. The molecule has 0 saturated heterocycles. The number of ketones is 1. The van der Waals surface area contributed by atoms with Crippen molar-refractivity contribution in [3.63, 3.8) is 0 Å². The highest BCUT2D eigenvalue weighted by atomic mass is 79.9. The Kier molecular flexibility index (Phi) is 4.70. The highest BCUT2D eigenvalue weighted by Gasteiger charge is 2.20. The number of benzene rings is 1. The highest BCUT2D eigenvalue weighted by Crippen LogP contribution is 2.39. The number of aryl methyl sites for hydroxylation is 2. The minimum atomic E-state index is 0.114. The molecule has 0 N–H and O–H groups in total. The number of rotatable bonds is 4. The van der Waals surface area contributed by atoms with Gasteiger partial charge in [0.1, 0.15) is 16.2 Å². The molecule has 2 heterocycles. The lowest BCUT2D eigenvalue weighted by molar-refractivity contribution is 0.102. The Bertz CT molecular complexity index is 923. The van der Waals surface area contributed by atoms with E-state index in [4.69, 9.17) is 0 Å². The number of fused-ring (bicyclic) bond motifs is 3. The van der Waals surface area contributed by atoms with E-state index in [0.29, 0.717) is 5.75 Å². The molecule has 0 fully saturated rings. The summed E-state index contributed by atoms with van der Waals surface area (Å²) >= 11 is 6.77. The summed E-state index contributed by atoms with van der Waals surface area (Å²) in [4.78, 5) is 23.9. The van der Waals surface area contributed by atoms with Gasteiger partial charge in [-0.25, -0.2) is 9.97 Å². The maximum atomic E-state index is 12.5. The van der Waals surface area contributed by atoms with E-state index in [9.17, 15) is 4.79 Å². The smallest absolute Gasteiger partial charge is 0.174 e. The molecule has 0 radical (unpaired) electrons. The number of hydrogen-bond acceptors (Lipinski definition) is 5. The average molecular weight is 419 g/mol. The number of carbonyl (C=O) groups is 1. The van der Waals surface area contributed by atoms with Crippen molar-refractivity contribution < 1.29 is 4.79 Å². The summed E-state index contributed by atoms with van der Waals surface area (Å²) in [6.45, 7) is 0. The van der Waals surface area contributed by atoms with Gasteiger partial charge in [0.05, 0.1) is 5.75 Å². The summed E-state index contributed by atoms with van der Waals surface area (Å²) in [7, 11) is 0. The molecule has 0 unspecified atom stereocenters. The van der Waals surface area contributed by atoms with Crippen molar-refractivity contribution in [1.29, 1.82) is 0 Å². The van der Waals surface area contributed by atoms with E-state index in [1.165, 1.54) is 40.4 Å². The van der Waals surface area contributed by atoms with Crippen molar-refractivity contribution in [3.05, 3.63) is 51.1 Å². The maximum Gasteiger partial charge on any atom is 0.174 e. The maximum absolute atomic E-state index is 12.5. The van der Waals surface area contributed by atoms with E-state index in [0.717, 1.165) is 32.7 Å². The van der Waals surface area contributed by atoms with Gasteiger partial charge in [0.2, 0.25) is 0 Å². The molecular weight excluding hydrogens is 404 g/mol. The van der Waals surface area contributed by atoms with Crippen LogP contribution in [0.1, 0.15) is 33.6 Å². The molecule has 3 nitrogen and oxygen atoms in total. The van der Waals surface area contributed by atoms with Crippen LogP contribution in [0.2, 0.25) is 0 Å². The van der Waals surface area contributed by atoms with Gasteiger partial charge in [-0.3, -0.25) is 4.79 Å². The Balaban J connectivity index is 1.62. The van der Waals surface area contributed by atoms with Crippen molar-refractivity contribution >= 4 is 55.0 Å². The third kappa shape index (κ3) is 3.03. The van der Waals surface area contributed by atoms with Crippen LogP contribution < -0.4 is 0 Å². The van der Waals surface area contributed by atoms with E-state index in [1.54, 1.807) is 17.7 Å². The molecule has 0 atom stereocenters. The molecule has 3 aromatic rings. The summed E-state index contributed by atoms with van der Waals surface area (Å²) < 4.78 is 0.844. The van der Waals surface area contributed by atoms with E-state index in [1.807, 2.05) is 24.3 Å². The van der Waals surface area contributed by atoms with Gasteiger partial charge in [-0.2, -0.15) is 0 Å². The Labute approximate surface area is 157 Å². The average Bonchev–Trinajstić information content (AvgIpc) is 2.99. The summed E-state index contributed by atoms with van der Waals surface area (Å²) in [6.07, 6.45) is 6.37. The Morgan fingerprint density at radius 2 is 2.04 bits per heavy atom. The number of hydrogen-bond donors (Lipinski definition) is 0. The number of nitrogens with zero attached hydrogens (tertiary/aromatic N) is 2. The van der Waals surface area contributed by atoms with Crippen LogP contribution in [-0.2, 0) is 12.8 Å². The number of thiophene rings is 1. The third-order valence-corrected chi connectivity index (χ3v) is 7.11. The molecule has 24 heavy (non-hydrogen) atoms. The van der Waals surface area contributed by atoms with Gasteiger partial charge in [-0.1, -0.05) is 45.9 Å². The summed E-state index contributed by atoms with van der Waals surface area (Å²) in [6, 6.07) is 7.56. The number of thioether (sulfide) groups is 1. The molecule has 6 heteroatoms. The fraction of sp³-hybridized carbons (Fsp3) is 0.278. The van der Waals surface area contributed by atoms with Crippen molar-refractivity contribution in [1.82, 2.24) is 9.97 Å². The van der Waals surface area contributed by atoms with Crippen molar-refractivity contribution in [2.45, 2.75) is 30.7 Å². The fourth-order valence-electron chi connectivity index (χ4n) is 3.07. The van der Waals surface area contributed by atoms with Crippen molar-refractivity contribution in [2.75, 3.05) is 5.75 Å². The zero-order valence-electron chi connectivity index (χ0n) is 12.9. The van der Waals surface area contributed by atoms with Crippen LogP contribution in [0.4, 0.5) is 0 Å². The molecule has 0 bridgehead atoms. The van der Waals surface area contributed by atoms with Gasteiger partial charge in [-0.15, -0.1) is 11.3 Å². The molecule has 1 aliphatic carbocycles. The number of aromatic nitrogens is 2. The Morgan fingerprint density at radius 3 is 2.92 bits per heavy atom. The van der Waals surface area contributed by atoms with Crippen LogP contribution in [0.25, 0.3) is 10.2 Å². The van der Waals surface area contributed by atoms with Crippen LogP contribution in [0.5, 0.6) is 0 Å². The normalized spacial score (nSPS) is 13.9. The van der Waals surface area contributed by atoms with E-state index < -0.39 is 0 Å². The number of Topliss-reactive ketones (excluding diaryl/α,β-unsaturated/α-hetero) is 1. The predicted octanol–water partition coefficient (Wildman–Crippen LogP) is 5.31. The van der Waals surface area contributed by atoms with Crippen molar-refractivity contribution in [2.24, 2.45) is 0 Å². The molecule has 0 aliphatic heterocycles. The van der Waals surface area contributed by atoms with E-state index in [2.05, 4.69) is 25.9 Å². The standard InChI is InChI=1S/C18H15BrN2OS2/c19-13-7-3-1-5-11(13)14(22)9-23-17-16-12-6-2-4-8-15(12)24-18(16)21-10-20-17/h1,3,5,7,10H,2,4,6,8-9H2. The van der Waals surface area contributed by atoms with Gasteiger partial charge in [0.25, 0.3) is 0 Å². The largest absolute Gasteiger partial charge is 0.293 e. The van der Waals surface area contributed by atoms with E-state index in [-0.39, 0.29) is 5.78 Å². The molecule has 0 amide bonds. The Morgan fingerprint density at radius 1 is 1.21 bits per heavy atom. The molecule has 1 aromatic carbocycles. The zero-order valence-corrected chi connectivity index (χ0v) is 16.1. The topological polar surface area (TPSA) is 42.9 Å². The fourth-order valence-corrected chi connectivity index (χ4v) is 5.78. The van der Waals surface area contributed by atoms with Crippen LogP contribution >= 0.6 is 39.0 Å². The lowest BCUT2D eigenvalue weighted by Gasteiger charge is -2.11. The minimum absolute atomic E-state index is 0.114.